The Hall–Kier alpha value is -1.94. The molecule has 3 rings (SSSR count). The third-order valence-electron chi connectivity index (χ3n) is 4.69. The molecule has 26 heavy (non-hydrogen) atoms. The van der Waals surface area contributed by atoms with Crippen molar-refractivity contribution in [3.05, 3.63) is 22.7 Å². The van der Waals surface area contributed by atoms with Crippen LogP contribution in [0.5, 0.6) is 5.75 Å². The Labute approximate surface area is 159 Å². The van der Waals surface area contributed by atoms with Gasteiger partial charge in [0, 0.05) is 25.7 Å². The number of nitrogen functional groups attached to an aromatic ring is 1. The molecule has 140 valence electrons. The second-order valence-corrected chi connectivity index (χ2v) is 7.01. The first-order chi connectivity index (χ1) is 12.5. The average Bonchev–Trinajstić information content (AvgIpc) is 2.61. The molecule has 4 atom stereocenters. The highest BCUT2D eigenvalue weighted by atomic mass is 35.5. The molecule has 2 saturated heterocycles. The van der Waals surface area contributed by atoms with Gasteiger partial charge in [-0.1, -0.05) is 17.5 Å². The van der Waals surface area contributed by atoms with E-state index < -0.39 is 0 Å². The van der Waals surface area contributed by atoms with Gasteiger partial charge in [-0.2, -0.15) is 0 Å². The van der Waals surface area contributed by atoms with Crippen molar-refractivity contribution in [2.24, 2.45) is 0 Å². The summed E-state index contributed by atoms with van der Waals surface area (Å²) in [6.45, 7) is 7.01. The van der Waals surface area contributed by atoms with Crippen molar-refractivity contribution in [3.63, 3.8) is 0 Å². The summed E-state index contributed by atoms with van der Waals surface area (Å²) in [5.74, 6) is 5.83. The number of morpholine rings is 1. The second kappa shape index (κ2) is 8.17. The Morgan fingerprint density at radius 2 is 2.31 bits per heavy atom. The number of benzene rings is 1. The van der Waals surface area contributed by atoms with E-state index in [1.165, 1.54) is 0 Å². The molecule has 0 radical (unpaired) electrons. The second-order valence-electron chi connectivity index (χ2n) is 6.60. The standard InChI is InChI=1S/C19H24ClN3O3/c1-3-4-12(2)26-17-10-15(21)14(20)9-13(17)19(24)22-16-5-6-23-7-8-25-18(16)11-23/h9-10,12,16,18H,5-8,11,21H2,1-2H3,(H,22,24)/t12-,16-,18?/m0/s1. The lowest BCUT2D eigenvalue weighted by Gasteiger charge is -2.42. The third-order valence-corrected chi connectivity index (χ3v) is 5.02. The number of carbonyl (C=O) groups is 1. The maximum atomic E-state index is 12.9. The van der Waals surface area contributed by atoms with Gasteiger partial charge in [-0.05, 0) is 26.3 Å². The van der Waals surface area contributed by atoms with Crippen LogP contribution in [0.4, 0.5) is 5.69 Å². The van der Waals surface area contributed by atoms with Gasteiger partial charge in [0.1, 0.15) is 5.75 Å². The number of hydrogen-bond donors (Lipinski definition) is 2. The van der Waals surface area contributed by atoms with Gasteiger partial charge in [-0.15, -0.1) is 5.92 Å². The van der Waals surface area contributed by atoms with Crippen LogP contribution in [0.2, 0.25) is 5.02 Å². The topological polar surface area (TPSA) is 76.8 Å². The van der Waals surface area contributed by atoms with Crippen LogP contribution in [0.15, 0.2) is 12.1 Å². The van der Waals surface area contributed by atoms with Gasteiger partial charge >= 0.3 is 0 Å². The minimum atomic E-state index is -0.364. The van der Waals surface area contributed by atoms with E-state index in [4.69, 9.17) is 26.8 Å². The molecule has 1 aromatic rings. The fourth-order valence-electron chi connectivity index (χ4n) is 3.36. The Kier molecular flexibility index (Phi) is 5.92. The van der Waals surface area contributed by atoms with E-state index >= 15 is 0 Å². The van der Waals surface area contributed by atoms with Crippen molar-refractivity contribution in [2.75, 3.05) is 32.0 Å². The molecule has 2 fully saturated rings. The molecule has 2 unspecified atom stereocenters. The van der Waals surface area contributed by atoms with E-state index in [2.05, 4.69) is 22.1 Å². The van der Waals surface area contributed by atoms with E-state index in [-0.39, 0.29) is 24.2 Å². The molecule has 0 aromatic heterocycles. The first-order valence-corrected chi connectivity index (χ1v) is 9.18. The van der Waals surface area contributed by atoms with Gasteiger partial charge in [0.05, 0.1) is 35.0 Å². The zero-order chi connectivity index (χ0) is 18.7. The predicted molar refractivity (Wildman–Crippen MR) is 101 cm³/mol. The van der Waals surface area contributed by atoms with Gasteiger partial charge < -0.3 is 20.5 Å². The summed E-state index contributed by atoms with van der Waals surface area (Å²) in [4.78, 5) is 15.3. The van der Waals surface area contributed by atoms with E-state index in [9.17, 15) is 4.79 Å². The largest absolute Gasteiger partial charge is 0.477 e. The van der Waals surface area contributed by atoms with Crippen LogP contribution in [-0.4, -0.2) is 55.3 Å². The minimum absolute atomic E-state index is 0.0138. The van der Waals surface area contributed by atoms with Gasteiger partial charge in [0.25, 0.3) is 5.91 Å². The Morgan fingerprint density at radius 1 is 1.50 bits per heavy atom. The Balaban J connectivity index is 1.78. The number of amides is 1. The first-order valence-electron chi connectivity index (χ1n) is 8.80. The molecule has 6 nitrogen and oxygen atoms in total. The SMILES string of the molecule is CC#C[C@H](C)Oc1cc(N)c(Cl)cc1C(=O)N[C@H]1CCN2CCOC1C2. The third kappa shape index (κ3) is 4.24. The number of halogens is 1. The average molecular weight is 378 g/mol. The summed E-state index contributed by atoms with van der Waals surface area (Å²) in [6.07, 6.45) is 0.504. The van der Waals surface area contributed by atoms with Crippen LogP contribution >= 0.6 is 11.6 Å². The number of nitrogens with two attached hydrogens (primary N) is 1. The van der Waals surface area contributed by atoms with Crippen molar-refractivity contribution in [1.29, 1.82) is 0 Å². The lowest BCUT2D eigenvalue weighted by atomic mass is 9.99. The van der Waals surface area contributed by atoms with Gasteiger partial charge in [0.2, 0.25) is 0 Å². The van der Waals surface area contributed by atoms with Gasteiger partial charge in [0.15, 0.2) is 6.10 Å². The molecule has 1 aromatic carbocycles. The number of anilines is 1. The number of fused-ring (bicyclic) bond motifs is 2. The highest BCUT2D eigenvalue weighted by Gasteiger charge is 2.34. The molecule has 2 bridgehead atoms. The summed E-state index contributed by atoms with van der Waals surface area (Å²) >= 11 is 6.13. The quantitative estimate of drug-likeness (QED) is 0.619. The van der Waals surface area contributed by atoms with Gasteiger partial charge in [-0.3, -0.25) is 9.69 Å². The zero-order valence-electron chi connectivity index (χ0n) is 15.0. The fourth-order valence-corrected chi connectivity index (χ4v) is 3.53. The molecule has 0 spiro atoms. The van der Waals surface area contributed by atoms with Crippen molar-refractivity contribution >= 4 is 23.2 Å². The van der Waals surface area contributed by atoms with E-state index in [0.29, 0.717) is 28.6 Å². The van der Waals surface area contributed by atoms with Crippen LogP contribution in [0.1, 0.15) is 30.6 Å². The number of hydrogen-bond acceptors (Lipinski definition) is 5. The fraction of sp³-hybridized carbons (Fsp3) is 0.526. The number of nitrogens with zero attached hydrogens (tertiary/aromatic N) is 1. The molecular weight excluding hydrogens is 354 g/mol. The van der Waals surface area contributed by atoms with Crippen molar-refractivity contribution in [1.82, 2.24) is 10.2 Å². The number of rotatable bonds is 4. The van der Waals surface area contributed by atoms with Crippen molar-refractivity contribution < 1.29 is 14.3 Å². The zero-order valence-corrected chi connectivity index (χ0v) is 15.8. The molecular formula is C19H24ClN3O3. The first kappa shape index (κ1) is 18.8. The van der Waals surface area contributed by atoms with Crippen LogP contribution in [0.3, 0.4) is 0 Å². The highest BCUT2D eigenvalue weighted by Crippen LogP contribution is 2.30. The molecule has 1 amide bonds. The number of piperidine rings is 1. The molecule has 0 saturated carbocycles. The minimum Gasteiger partial charge on any atom is -0.477 e. The molecule has 7 heteroatoms. The molecule has 0 aliphatic carbocycles. The Bertz CT molecular complexity index is 744. The molecule has 2 heterocycles. The number of nitrogens with one attached hydrogen (secondary N) is 1. The maximum absolute atomic E-state index is 12.9. The lowest BCUT2D eigenvalue weighted by Crippen LogP contribution is -2.58. The van der Waals surface area contributed by atoms with Crippen LogP contribution in [-0.2, 0) is 4.74 Å². The predicted octanol–water partition coefficient (Wildman–Crippen LogP) is 1.92. The van der Waals surface area contributed by atoms with E-state index in [1.54, 1.807) is 19.1 Å². The number of ether oxygens (including phenoxy) is 2. The highest BCUT2D eigenvalue weighted by molar-refractivity contribution is 6.33. The summed E-state index contributed by atoms with van der Waals surface area (Å²) in [5, 5.41) is 3.40. The summed E-state index contributed by atoms with van der Waals surface area (Å²) in [5.41, 5.74) is 6.60. The van der Waals surface area contributed by atoms with Crippen molar-refractivity contribution in [3.8, 4) is 17.6 Å². The summed E-state index contributed by atoms with van der Waals surface area (Å²) in [6, 6.07) is 3.09. The van der Waals surface area contributed by atoms with Crippen LogP contribution in [0.25, 0.3) is 0 Å². The lowest BCUT2D eigenvalue weighted by molar-refractivity contribution is -0.0702. The van der Waals surface area contributed by atoms with E-state index in [1.807, 2.05) is 6.92 Å². The van der Waals surface area contributed by atoms with E-state index in [0.717, 1.165) is 26.1 Å². The number of carbonyl (C=O) groups excluding carboxylic acids is 1. The van der Waals surface area contributed by atoms with Gasteiger partial charge in [-0.25, -0.2) is 0 Å². The smallest absolute Gasteiger partial charge is 0.255 e. The van der Waals surface area contributed by atoms with Crippen LogP contribution in [0, 0.1) is 11.8 Å². The normalized spacial score (nSPS) is 25.6. The summed E-state index contributed by atoms with van der Waals surface area (Å²) < 4.78 is 11.6. The molecule has 3 N–H and O–H groups in total. The van der Waals surface area contributed by atoms with Crippen LogP contribution < -0.4 is 15.8 Å². The molecule has 2 aliphatic heterocycles. The maximum Gasteiger partial charge on any atom is 0.255 e. The monoisotopic (exact) mass is 377 g/mol. The molecule has 2 aliphatic rings. The van der Waals surface area contributed by atoms with Crippen molar-refractivity contribution in [2.45, 2.75) is 38.5 Å². The Morgan fingerprint density at radius 3 is 3.08 bits per heavy atom. The summed E-state index contributed by atoms with van der Waals surface area (Å²) in [7, 11) is 0.